The van der Waals surface area contributed by atoms with Gasteiger partial charge in [0.25, 0.3) is 0 Å². The summed E-state index contributed by atoms with van der Waals surface area (Å²) >= 11 is 1.58. The number of Topliss-reactive ketones (excluding diaryl/α,β-unsaturated/α-hetero) is 1. The van der Waals surface area contributed by atoms with Gasteiger partial charge in [0.05, 0.1) is 78.9 Å². The Morgan fingerprint density at radius 1 is 0.855 bits per heavy atom. The zero-order valence-electron chi connectivity index (χ0n) is 48.3. The van der Waals surface area contributed by atoms with Crippen molar-refractivity contribution in [3.8, 4) is 33.2 Å². The lowest BCUT2D eigenvalue weighted by atomic mass is 9.77. The van der Waals surface area contributed by atoms with Crippen LogP contribution in [0.1, 0.15) is 89.4 Å². The highest BCUT2D eigenvalue weighted by atomic mass is 32.1. The van der Waals surface area contributed by atoms with Crippen molar-refractivity contribution in [2.45, 2.75) is 104 Å². The van der Waals surface area contributed by atoms with Crippen molar-refractivity contribution in [1.29, 1.82) is 0 Å². The van der Waals surface area contributed by atoms with E-state index in [-0.39, 0.29) is 75.3 Å². The van der Waals surface area contributed by atoms with Crippen LogP contribution in [0.5, 0.6) is 11.5 Å². The van der Waals surface area contributed by atoms with Gasteiger partial charge < -0.3 is 55.0 Å². The number of aliphatic hydroxyl groups excluding tert-OH is 1. The molecule has 2 aliphatic heterocycles. The lowest BCUT2D eigenvalue weighted by Gasteiger charge is -2.34. The van der Waals surface area contributed by atoms with E-state index in [1.807, 2.05) is 105 Å². The number of aliphatic hydroxyl groups is 1. The van der Waals surface area contributed by atoms with Gasteiger partial charge in [0.15, 0.2) is 17.2 Å². The van der Waals surface area contributed by atoms with E-state index in [4.69, 9.17) is 34.5 Å². The van der Waals surface area contributed by atoms with Gasteiger partial charge in [-0.2, -0.15) is 5.10 Å². The van der Waals surface area contributed by atoms with Gasteiger partial charge >= 0.3 is 0 Å². The van der Waals surface area contributed by atoms with Crippen molar-refractivity contribution in [2.24, 2.45) is 11.3 Å². The topological polar surface area (TPSA) is 248 Å². The van der Waals surface area contributed by atoms with Gasteiger partial charge in [-0.15, -0.1) is 11.3 Å². The number of β-amino-alcohol motifs (C(OH)–C–C–N with tert-alkyl or cyclic N) is 1. The maximum atomic E-state index is 14.0. The van der Waals surface area contributed by atoms with Crippen LogP contribution in [0, 0.1) is 18.3 Å². The van der Waals surface area contributed by atoms with E-state index in [1.165, 1.54) is 17.3 Å². The normalized spacial score (nSPS) is 16.3. The molecule has 20 nitrogen and oxygen atoms in total. The van der Waals surface area contributed by atoms with Crippen molar-refractivity contribution in [3.05, 3.63) is 109 Å². The minimum Gasteiger partial charge on any atom is -0.455 e. The number of amides is 3. The third kappa shape index (κ3) is 17.5. The number of nitrogen functional groups attached to an aromatic ring is 1. The largest absolute Gasteiger partial charge is 0.455 e. The quantitative estimate of drug-likeness (QED) is 0.0235. The first-order valence-electron chi connectivity index (χ1n) is 28.8. The molecule has 83 heavy (non-hydrogen) atoms. The van der Waals surface area contributed by atoms with Crippen LogP contribution in [0.2, 0.25) is 0 Å². The molecule has 0 bridgehead atoms. The zero-order chi connectivity index (χ0) is 58.7. The molecule has 5 heterocycles. The number of para-hydroxylation sites is 1. The number of thiazole rings is 1. The van der Waals surface area contributed by atoms with E-state index in [9.17, 15) is 24.3 Å². The molecule has 0 saturated carbocycles. The maximum absolute atomic E-state index is 14.0. The van der Waals surface area contributed by atoms with E-state index in [2.05, 4.69) is 37.1 Å². The number of carbonyl (C=O) groups excluding carboxylic acids is 4. The number of anilines is 2. The second-order valence-corrected chi connectivity index (χ2v) is 23.0. The van der Waals surface area contributed by atoms with E-state index in [0.717, 1.165) is 85.4 Å². The molecule has 8 rings (SSSR count). The molecule has 0 aliphatic carbocycles. The van der Waals surface area contributed by atoms with E-state index in [0.29, 0.717) is 72.8 Å². The second-order valence-electron chi connectivity index (χ2n) is 22.2. The van der Waals surface area contributed by atoms with E-state index < -0.39 is 23.5 Å². The summed E-state index contributed by atoms with van der Waals surface area (Å²) in [7, 11) is 0. The molecule has 5 N–H and O–H groups in total. The maximum Gasteiger partial charge on any atom is 0.247 e. The van der Waals surface area contributed by atoms with Crippen LogP contribution in [-0.2, 0) is 44.7 Å². The number of rotatable bonds is 31. The molecular weight excluding hydrogens is 1080 g/mol. The molecule has 21 heteroatoms. The molecular formula is C62H80N10O10S. The summed E-state index contributed by atoms with van der Waals surface area (Å²) in [5.74, 6) is -0.537. The Hall–Kier alpha value is -6.98. The highest BCUT2D eigenvalue weighted by Gasteiger charge is 2.44. The number of hydrogen-bond donors (Lipinski definition) is 4. The molecule has 3 aromatic carbocycles. The van der Waals surface area contributed by atoms with Crippen LogP contribution in [0.3, 0.4) is 0 Å². The van der Waals surface area contributed by atoms with Gasteiger partial charge in [-0.05, 0) is 92.1 Å². The smallest absolute Gasteiger partial charge is 0.247 e. The van der Waals surface area contributed by atoms with Crippen molar-refractivity contribution in [1.82, 2.24) is 39.8 Å². The van der Waals surface area contributed by atoms with Gasteiger partial charge in [-0.1, -0.05) is 82.7 Å². The van der Waals surface area contributed by atoms with Crippen LogP contribution < -0.4 is 21.1 Å². The Morgan fingerprint density at radius 2 is 1.54 bits per heavy atom. The number of nitrogens with two attached hydrogens (primary N) is 1. The van der Waals surface area contributed by atoms with Gasteiger partial charge in [0, 0.05) is 57.1 Å². The number of likely N-dealkylation sites (tertiary alicyclic amines) is 2. The summed E-state index contributed by atoms with van der Waals surface area (Å²) in [5, 5.41) is 22.2. The van der Waals surface area contributed by atoms with Gasteiger partial charge in [-0.25, -0.2) is 19.6 Å². The Kier molecular flexibility index (Phi) is 22.8. The monoisotopic (exact) mass is 1160 g/mol. The van der Waals surface area contributed by atoms with Crippen LogP contribution in [-0.4, -0.2) is 154 Å². The number of unbranched alkanes of at least 4 members (excludes halogenated alkanes) is 3. The van der Waals surface area contributed by atoms with Crippen LogP contribution in [0.4, 0.5) is 11.5 Å². The second kappa shape index (κ2) is 30.5. The van der Waals surface area contributed by atoms with Gasteiger partial charge in [0.2, 0.25) is 17.7 Å². The summed E-state index contributed by atoms with van der Waals surface area (Å²) < 4.78 is 30.9. The minimum absolute atomic E-state index is 0.0247. The molecule has 6 aromatic rings. The highest BCUT2D eigenvalue weighted by Crippen LogP contribution is 2.39. The first-order valence-corrected chi connectivity index (χ1v) is 29.6. The fourth-order valence-electron chi connectivity index (χ4n) is 10.5. The van der Waals surface area contributed by atoms with Crippen LogP contribution in [0.25, 0.3) is 32.7 Å². The molecule has 2 saturated heterocycles. The molecule has 0 unspecified atom stereocenters. The van der Waals surface area contributed by atoms with Crippen molar-refractivity contribution >= 4 is 57.4 Å². The SMILES string of the molecule is C=CC(=O)Nc1cc(-c2nn(C3CCN(CCCCCCOCCOCCOCCOCC(=O)C[C@H](C(=O)N4C[C@H](O)C[C@H]4C(=O)NCc4ccc(-c5scnc5C)cc4)C(C)(C)C)CC3)c3ncnc(N)c23)ccc1Oc1ccccc1. The van der Waals surface area contributed by atoms with Crippen LogP contribution >= 0.6 is 11.3 Å². The average Bonchev–Trinajstić information content (AvgIpc) is 3.86. The molecule has 444 valence electrons. The number of carbonyl (C=O) groups is 4. The summed E-state index contributed by atoms with van der Waals surface area (Å²) in [6, 6.07) is 22.1. The molecule has 0 spiro atoms. The third-order valence-corrected chi connectivity index (χ3v) is 16.0. The molecule has 3 atom stereocenters. The van der Waals surface area contributed by atoms with Crippen molar-refractivity contribution < 1.29 is 48.0 Å². The van der Waals surface area contributed by atoms with Gasteiger partial charge in [-0.3, -0.25) is 19.2 Å². The third-order valence-electron chi connectivity index (χ3n) is 15.0. The molecule has 0 radical (unpaired) electrons. The van der Waals surface area contributed by atoms with Crippen molar-refractivity contribution in [2.75, 3.05) is 90.1 Å². The molecule has 2 aliphatic rings. The fraction of sp³-hybridized carbons (Fsp3) is 0.484. The Bertz CT molecular complexity index is 3090. The van der Waals surface area contributed by atoms with Crippen molar-refractivity contribution in [3.63, 3.8) is 0 Å². The zero-order valence-corrected chi connectivity index (χ0v) is 49.1. The number of ether oxygens (including phenoxy) is 5. The number of nitrogens with one attached hydrogen (secondary N) is 2. The summed E-state index contributed by atoms with van der Waals surface area (Å²) in [5.41, 5.74) is 13.2. The Balaban J connectivity index is 0.649. The summed E-state index contributed by atoms with van der Waals surface area (Å²) in [6.45, 7) is 17.3. The standard InChI is InChI=1S/C62H80N10O10S/c1-6-54(75)68-51-34-45(20-21-53(51)82-49-14-10-9-11-15-49)56-55-58(63)65-40-66-59(55)72(69-56)46-22-25-70(26-23-46)24-12-7-8-13-27-78-28-29-79-30-31-80-32-33-81-39-48(74)35-50(62(3,4)5)61(77)71-38-47(73)36-52(71)60(76)64-37-43-16-18-44(19-17-43)57-42(2)67-41-83-57/h6,9-11,14-21,34,40-41,46-47,50,52,73H,1,7-8,12-13,22-33,35-39H2,2-5H3,(H,64,76)(H,68,75)(H2,63,65,66)/t47-,50-,52+/m1/s1. The molecule has 3 amide bonds. The number of aryl methyl sites for hydroxylation is 1. The predicted octanol–water partition coefficient (Wildman–Crippen LogP) is 8.59. The number of aromatic nitrogens is 5. The van der Waals surface area contributed by atoms with Crippen LogP contribution in [0.15, 0.2) is 97.3 Å². The Morgan fingerprint density at radius 3 is 2.23 bits per heavy atom. The summed E-state index contributed by atoms with van der Waals surface area (Å²) in [6.07, 6.45) is 8.07. The number of benzene rings is 3. The Labute approximate surface area is 490 Å². The first kappa shape index (κ1) is 62.1. The van der Waals surface area contributed by atoms with E-state index >= 15 is 0 Å². The number of fused-ring (bicyclic) bond motifs is 1. The average molecular weight is 1160 g/mol. The number of nitrogens with zero attached hydrogens (tertiary/aromatic N) is 7. The fourth-order valence-corrected chi connectivity index (χ4v) is 11.3. The number of piperidine rings is 1. The lowest BCUT2D eigenvalue weighted by Crippen LogP contribution is -2.50. The first-order chi connectivity index (χ1) is 40.2. The number of ketones is 1. The summed E-state index contributed by atoms with van der Waals surface area (Å²) in [4.78, 5) is 71.4. The van der Waals surface area contributed by atoms with E-state index in [1.54, 1.807) is 17.4 Å². The number of hydrogen-bond acceptors (Lipinski definition) is 17. The predicted molar refractivity (Wildman–Crippen MR) is 320 cm³/mol. The molecule has 2 fully saturated rings. The molecule has 3 aromatic heterocycles. The lowest BCUT2D eigenvalue weighted by molar-refractivity contribution is -0.146. The highest BCUT2D eigenvalue weighted by molar-refractivity contribution is 7.13. The minimum atomic E-state index is -0.845. The van der Waals surface area contributed by atoms with Gasteiger partial charge in [0.1, 0.15) is 36.2 Å².